The molecule has 0 unspecified atom stereocenters. The predicted octanol–water partition coefficient (Wildman–Crippen LogP) is 5.07. The highest BCUT2D eigenvalue weighted by Gasteiger charge is 2.28. The summed E-state index contributed by atoms with van der Waals surface area (Å²) >= 11 is 6.03. The van der Waals surface area contributed by atoms with Gasteiger partial charge in [-0.05, 0) is 40.6 Å². The first kappa shape index (κ1) is 15.7. The number of methoxy groups -OCH3 is 1. The van der Waals surface area contributed by atoms with Gasteiger partial charge < -0.3 is 9.47 Å². The van der Waals surface area contributed by atoms with Crippen molar-refractivity contribution in [3.05, 3.63) is 88.6 Å². The molecule has 3 aromatic rings. The highest BCUT2D eigenvalue weighted by molar-refractivity contribution is 6.30. The Morgan fingerprint density at radius 3 is 2.56 bits per heavy atom. The van der Waals surface area contributed by atoms with E-state index in [1.54, 1.807) is 0 Å². The summed E-state index contributed by atoms with van der Waals surface area (Å²) in [5.74, 6) is 0.255. The Bertz CT molecular complexity index is 990. The van der Waals surface area contributed by atoms with Gasteiger partial charge in [-0.2, -0.15) is 0 Å². The highest BCUT2D eigenvalue weighted by atomic mass is 35.5. The minimum Gasteiger partial charge on any atom is -0.463 e. The van der Waals surface area contributed by atoms with Crippen LogP contribution < -0.4 is 4.74 Å². The molecule has 0 fully saturated rings. The molecule has 1 atom stereocenters. The first-order chi connectivity index (χ1) is 12.2. The van der Waals surface area contributed by atoms with Crippen molar-refractivity contribution in [1.29, 1.82) is 0 Å². The molecule has 0 amide bonds. The fraction of sp³-hybridized carbons (Fsp3) is 0.0952. The van der Waals surface area contributed by atoms with Crippen LogP contribution >= 0.6 is 11.6 Å². The van der Waals surface area contributed by atoms with E-state index in [4.69, 9.17) is 21.1 Å². The van der Waals surface area contributed by atoms with Gasteiger partial charge in [-0.15, -0.1) is 0 Å². The van der Waals surface area contributed by atoms with E-state index in [0.29, 0.717) is 10.8 Å². The maximum absolute atomic E-state index is 12.0. The van der Waals surface area contributed by atoms with Gasteiger partial charge in [-0.25, -0.2) is 4.79 Å². The fourth-order valence-electron chi connectivity index (χ4n) is 3.22. The third-order valence-electron chi connectivity index (χ3n) is 4.40. The van der Waals surface area contributed by atoms with Crippen LogP contribution in [0.1, 0.15) is 17.0 Å². The van der Waals surface area contributed by atoms with E-state index >= 15 is 0 Å². The normalized spacial score (nSPS) is 15.9. The molecule has 0 spiro atoms. The van der Waals surface area contributed by atoms with Gasteiger partial charge in [0, 0.05) is 16.5 Å². The lowest BCUT2D eigenvalue weighted by atomic mass is 9.85. The molecule has 0 radical (unpaired) electrons. The molecule has 4 heteroatoms. The van der Waals surface area contributed by atoms with Crippen molar-refractivity contribution in [3.8, 4) is 5.75 Å². The number of ether oxygens (including phenoxy) is 2. The Hall–Kier alpha value is -2.78. The third kappa shape index (κ3) is 2.77. The molecule has 25 heavy (non-hydrogen) atoms. The monoisotopic (exact) mass is 350 g/mol. The van der Waals surface area contributed by atoms with E-state index in [2.05, 4.69) is 12.1 Å². The Balaban J connectivity index is 1.96. The average molecular weight is 351 g/mol. The summed E-state index contributed by atoms with van der Waals surface area (Å²) < 4.78 is 10.7. The van der Waals surface area contributed by atoms with Gasteiger partial charge >= 0.3 is 5.97 Å². The van der Waals surface area contributed by atoms with Crippen LogP contribution in [0.2, 0.25) is 5.02 Å². The smallest absolute Gasteiger partial charge is 0.373 e. The maximum atomic E-state index is 12.0. The van der Waals surface area contributed by atoms with Crippen molar-refractivity contribution < 1.29 is 14.3 Å². The predicted molar refractivity (Wildman–Crippen MR) is 98.0 cm³/mol. The second kappa shape index (κ2) is 6.26. The number of hydrogen-bond donors (Lipinski definition) is 0. The zero-order valence-corrected chi connectivity index (χ0v) is 14.3. The molecule has 0 aliphatic carbocycles. The van der Waals surface area contributed by atoms with Crippen LogP contribution in [0.25, 0.3) is 10.8 Å². The summed E-state index contributed by atoms with van der Waals surface area (Å²) in [5, 5.41) is 2.89. The summed E-state index contributed by atoms with van der Waals surface area (Å²) in [7, 11) is 1.35. The molecule has 3 nitrogen and oxygen atoms in total. The molecule has 1 aliphatic heterocycles. The summed E-state index contributed by atoms with van der Waals surface area (Å²) in [6.07, 6.45) is 1.81. The topological polar surface area (TPSA) is 35.5 Å². The SMILES string of the molecule is COC(=O)C1=C[C@@H](c2ccc(Cl)cc2)c2c(ccc3ccccc23)O1. The van der Waals surface area contributed by atoms with E-state index in [1.807, 2.05) is 54.6 Å². The van der Waals surface area contributed by atoms with Crippen LogP contribution in [0, 0.1) is 0 Å². The average Bonchev–Trinajstić information content (AvgIpc) is 2.67. The Kier molecular flexibility index (Phi) is 3.94. The third-order valence-corrected chi connectivity index (χ3v) is 4.65. The molecular formula is C21H15ClO3. The number of carbonyl (C=O) groups is 1. The number of fused-ring (bicyclic) bond motifs is 3. The fourth-order valence-corrected chi connectivity index (χ4v) is 3.34. The van der Waals surface area contributed by atoms with Gasteiger partial charge in [0.25, 0.3) is 0 Å². The first-order valence-corrected chi connectivity index (χ1v) is 8.30. The van der Waals surface area contributed by atoms with Crippen LogP contribution in [0.4, 0.5) is 0 Å². The zero-order chi connectivity index (χ0) is 17.4. The molecule has 0 saturated heterocycles. The number of halogens is 1. The van der Waals surface area contributed by atoms with Gasteiger partial charge in [-0.3, -0.25) is 0 Å². The van der Waals surface area contributed by atoms with Gasteiger partial charge in [0.1, 0.15) is 5.75 Å². The molecule has 0 N–H and O–H groups in total. The van der Waals surface area contributed by atoms with Crippen LogP contribution in [0.5, 0.6) is 5.75 Å². The molecule has 1 heterocycles. The molecule has 0 saturated carbocycles. The molecule has 124 valence electrons. The number of esters is 1. The lowest BCUT2D eigenvalue weighted by Gasteiger charge is -2.26. The molecule has 0 bridgehead atoms. The molecule has 4 rings (SSSR count). The summed E-state index contributed by atoms with van der Waals surface area (Å²) in [6, 6.07) is 19.7. The van der Waals surface area contributed by atoms with Crippen molar-refractivity contribution in [3.63, 3.8) is 0 Å². The summed E-state index contributed by atoms with van der Waals surface area (Å²) in [5.41, 5.74) is 2.07. The lowest BCUT2D eigenvalue weighted by Crippen LogP contribution is -2.18. The van der Waals surface area contributed by atoms with Crippen LogP contribution in [-0.4, -0.2) is 13.1 Å². The second-order valence-corrected chi connectivity index (χ2v) is 6.29. The van der Waals surface area contributed by atoms with Gasteiger partial charge in [0.2, 0.25) is 5.76 Å². The first-order valence-electron chi connectivity index (χ1n) is 7.92. The molecule has 1 aliphatic rings. The Labute approximate surface area is 150 Å². The van der Waals surface area contributed by atoms with Crippen molar-refractivity contribution in [2.24, 2.45) is 0 Å². The zero-order valence-electron chi connectivity index (χ0n) is 13.5. The summed E-state index contributed by atoms with van der Waals surface area (Å²) in [4.78, 5) is 12.0. The minimum atomic E-state index is -0.488. The van der Waals surface area contributed by atoms with Crippen molar-refractivity contribution >= 4 is 28.3 Å². The van der Waals surface area contributed by atoms with Crippen LogP contribution in [0.3, 0.4) is 0 Å². The Morgan fingerprint density at radius 1 is 1.04 bits per heavy atom. The van der Waals surface area contributed by atoms with E-state index in [1.165, 1.54) is 7.11 Å². The van der Waals surface area contributed by atoms with E-state index in [-0.39, 0.29) is 11.7 Å². The second-order valence-electron chi connectivity index (χ2n) is 5.85. The van der Waals surface area contributed by atoms with E-state index in [9.17, 15) is 4.79 Å². The van der Waals surface area contributed by atoms with Gasteiger partial charge in [0.05, 0.1) is 7.11 Å². The number of carbonyl (C=O) groups excluding carboxylic acids is 1. The van der Waals surface area contributed by atoms with Gasteiger partial charge in [0.15, 0.2) is 0 Å². The highest BCUT2D eigenvalue weighted by Crippen LogP contribution is 2.43. The number of benzene rings is 3. The number of allylic oxidation sites excluding steroid dienone is 1. The van der Waals surface area contributed by atoms with E-state index in [0.717, 1.165) is 21.9 Å². The lowest BCUT2D eigenvalue weighted by molar-refractivity contribution is -0.138. The number of rotatable bonds is 2. The summed E-state index contributed by atoms with van der Waals surface area (Å²) in [6.45, 7) is 0. The van der Waals surface area contributed by atoms with Crippen LogP contribution in [0.15, 0.2) is 72.5 Å². The molecular weight excluding hydrogens is 336 g/mol. The van der Waals surface area contributed by atoms with Crippen molar-refractivity contribution in [2.75, 3.05) is 7.11 Å². The minimum absolute atomic E-state index is 0.124. The van der Waals surface area contributed by atoms with Crippen LogP contribution in [-0.2, 0) is 9.53 Å². The van der Waals surface area contributed by atoms with Crippen molar-refractivity contribution in [2.45, 2.75) is 5.92 Å². The molecule has 3 aromatic carbocycles. The largest absolute Gasteiger partial charge is 0.463 e. The Morgan fingerprint density at radius 2 is 1.80 bits per heavy atom. The van der Waals surface area contributed by atoms with Gasteiger partial charge in [-0.1, -0.05) is 54.1 Å². The quantitative estimate of drug-likeness (QED) is 0.605. The standard InChI is InChI=1S/C21H15ClO3/c1-24-21(23)19-12-17(14-6-9-15(22)10-7-14)20-16-5-3-2-4-13(16)8-11-18(20)25-19/h2-12,17H,1H3/t17-/m0/s1. The maximum Gasteiger partial charge on any atom is 0.373 e. The number of hydrogen-bond acceptors (Lipinski definition) is 3. The van der Waals surface area contributed by atoms with E-state index < -0.39 is 5.97 Å². The van der Waals surface area contributed by atoms with Crippen molar-refractivity contribution in [1.82, 2.24) is 0 Å². The molecule has 0 aromatic heterocycles.